The Balaban J connectivity index is 3.06. The largest absolute Gasteiger partial charge is 0.417 e. The van der Waals surface area contributed by atoms with E-state index in [1.54, 1.807) is 6.07 Å². The van der Waals surface area contributed by atoms with Gasteiger partial charge in [-0.3, -0.25) is 0 Å². The number of thiocarbonyl (C=S) groups is 1. The van der Waals surface area contributed by atoms with Gasteiger partial charge in [0.1, 0.15) is 16.6 Å². The maximum Gasteiger partial charge on any atom is 0.417 e. The maximum absolute atomic E-state index is 12.6. The number of benzene rings is 1. The molecule has 100 valence electrons. The Labute approximate surface area is 117 Å². The lowest BCUT2D eigenvalue weighted by Crippen LogP contribution is -2.11. The maximum atomic E-state index is 12.6. The minimum absolute atomic E-state index is 0.0430. The lowest BCUT2D eigenvalue weighted by atomic mass is 10.2. The molecule has 0 aromatic heterocycles. The van der Waals surface area contributed by atoms with E-state index in [1.807, 2.05) is 0 Å². The van der Waals surface area contributed by atoms with Gasteiger partial charge in [0.25, 0.3) is 0 Å². The lowest BCUT2D eigenvalue weighted by molar-refractivity contribution is -0.137. The summed E-state index contributed by atoms with van der Waals surface area (Å²) in [6, 6.07) is 4.98. The zero-order chi connectivity index (χ0) is 14.6. The van der Waals surface area contributed by atoms with Gasteiger partial charge in [-0.25, -0.2) is 0 Å². The molecule has 0 fully saturated rings. The van der Waals surface area contributed by atoms with Crippen LogP contribution in [0.2, 0.25) is 5.02 Å². The first-order chi connectivity index (χ1) is 8.75. The van der Waals surface area contributed by atoms with Gasteiger partial charge in [-0.2, -0.15) is 18.4 Å². The molecule has 0 bridgehead atoms. The van der Waals surface area contributed by atoms with Crippen molar-refractivity contribution in [2.24, 2.45) is 5.73 Å². The topological polar surface area (TPSA) is 61.8 Å². The molecule has 0 radical (unpaired) electrons. The van der Waals surface area contributed by atoms with Crippen molar-refractivity contribution in [3.05, 3.63) is 40.6 Å². The van der Waals surface area contributed by atoms with Crippen molar-refractivity contribution in [1.82, 2.24) is 0 Å². The fourth-order valence-electron chi connectivity index (χ4n) is 1.15. The van der Waals surface area contributed by atoms with E-state index < -0.39 is 16.8 Å². The number of nitriles is 1. The first-order valence-corrected chi connectivity index (χ1v) is 5.57. The Morgan fingerprint density at radius 3 is 2.58 bits per heavy atom. The van der Waals surface area contributed by atoms with E-state index in [0.717, 1.165) is 18.3 Å². The average molecular weight is 306 g/mol. The molecule has 0 aliphatic heterocycles. The van der Waals surface area contributed by atoms with Crippen molar-refractivity contribution < 1.29 is 13.2 Å². The molecule has 0 aliphatic rings. The van der Waals surface area contributed by atoms with Crippen LogP contribution < -0.4 is 11.1 Å². The third-order valence-electron chi connectivity index (χ3n) is 2.04. The van der Waals surface area contributed by atoms with Crippen molar-refractivity contribution in [2.75, 3.05) is 5.32 Å². The molecule has 1 rings (SSSR count). The molecule has 1 aromatic rings. The number of nitrogens with one attached hydrogen (secondary N) is 1. The number of nitrogens with two attached hydrogens (primary N) is 1. The number of anilines is 1. The van der Waals surface area contributed by atoms with Crippen molar-refractivity contribution in [2.45, 2.75) is 6.18 Å². The van der Waals surface area contributed by atoms with Gasteiger partial charge in [-0.15, -0.1) is 0 Å². The molecule has 3 nitrogen and oxygen atoms in total. The van der Waals surface area contributed by atoms with Crippen molar-refractivity contribution in [3.8, 4) is 6.07 Å². The molecule has 1 aromatic carbocycles. The molecule has 0 aliphatic carbocycles. The minimum atomic E-state index is -4.56. The average Bonchev–Trinajstić information content (AvgIpc) is 2.30. The van der Waals surface area contributed by atoms with E-state index in [-0.39, 0.29) is 16.2 Å². The van der Waals surface area contributed by atoms with Crippen molar-refractivity contribution in [3.63, 3.8) is 0 Å². The van der Waals surface area contributed by atoms with Crippen LogP contribution in [0.25, 0.3) is 0 Å². The Morgan fingerprint density at radius 1 is 1.47 bits per heavy atom. The molecule has 0 amide bonds. The molecule has 0 atom stereocenters. The molecule has 19 heavy (non-hydrogen) atoms. The second kappa shape index (κ2) is 5.91. The molecule has 0 spiro atoms. The van der Waals surface area contributed by atoms with Crippen LogP contribution in [-0.2, 0) is 6.18 Å². The molecule has 0 heterocycles. The predicted molar refractivity (Wildman–Crippen MR) is 70.6 cm³/mol. The number of halogens is 4. The molecule has 0 saturated carbocycles. The van der Waals surface area contributed by atoms with Gasteiger partial charge in [0.15, 0.2) is 0 Å². The molecular weight excluding hydrogens is 299 g/mol. The summed E-state index contributed by atoms with van der Waals surface area (Å²) in [6.07, 6.45) is -3.43. The molecule has 0 saturated heterocycles. The van der Waals surface area contributed by atoms with E-state index in [9.17, 15) is 13.2 Å². The van der Waals surface area contributed by atoms with Crippen LogP contribution >= 0.6 is 23.8 Å². The quantitative estimate of drug-likeness (QED) is 0.510. The zero-order valence-corrected chi connectivity index (χ0v) is 10.8. The van der Waals surface area contributed by atoms with Gasteiger partial charge >= 0.3 is 6.18 Å². The van der Waals surface area contributed by atoms with Crippen LogP contribution in [0.3, 0.4) is 0 Å². The third-order valence-corrected chi connectivity index (χ3v) is 2.59. The summed E-state index contributed by atoms with van der Waals surface area (Å²) in [4.78, 5) is -0.153. The summed E-state index contributed by atoms with van der Waals surface area (Å²) in [5, 5.41) is 10.8. The number of nitrogens with zero attached hydrogens (tertiary/aromatic N) is 1. The first-order valence-electron chi connectivity index (χ1n) is 4.79. The molecule has 0 unspecified atom stereocenters. The third kappa shape index (κ3) is 4.12. The molecule has 3 N–H and O–H groups in total. The van der Waals surface area contributed by atoms with E-state index in [1.165, 1.54) is 6.07 Å². The zero-order valence-electron chi connectivity index (χ0n) is 9.25. The monoisotopic (exact) mass is 305 g/mol. The standard InChI is InChI=1S/C11H7ClF3N3S/c12-9-2-1-7(3-8(9)11(13,14)15)18-5-6(4-16)10(17)19/h1-3,5,18H,(H2,17,19)/b6-5+. The van der Waals surface area contributed by atoms with Crippen molar-refractivity contribution >= 4 is 34.5 Å². The highest BCUT2D eigenvalue weighted by molar-refractivity contribution is 7.80. The van der Waals surface area contributed by atoms with Crippen LogP contribution in [0.1, 0.15) is 5.56 Å². The summed E-state index contributed by atoms with van der Waals surface area (Å²) in [5.41, 5.74) is 4.33. The molecular formula is C11H7ClF3N3S. The fourth-order valence-corrected chi connectivity index (χ4v) is 1.48. The number of rotatable bonds is 3. The minimum Gasteiger partial charge on any atom is -0.389 e. The highest BCUT2D eigenvalue weighted by Crippen LogP contribution is 2.36. The van der Waals surface area contributed by atoms with Gasteiger partial charge in [-0.1, -0.05) is 23.8 Å². The summed E-state index contributed by atoms with van der Waals surface area (Å²) in [7, 11) is 0. The van der Waals surface area contributed by atoms with Crippen LogP contribution in [0.15, 0.2) is 30.0 Å². The van der Waals surface area contributed by atoms with E-state index >= 15 is 0 Å². The fraction of sp³-hybridized carbons (Fsp3) is 0.0909. The summed E-state index contributed by atoms with van der Waals surface area (Å²) < 4.78 is 37.8. The first kappa shape index (κ1) is 15.3. The SMILES string of the molecule is N#C/C(=C\Nc1ccc(Cl)c(C(F)(F)F)c1)C(N)=S. The van der Waals surface area contributed by atoms with Gasteiger partial charge in [0.2, 0.25) is 0 Å². The van der Waals surface area contributed by atoms with E-state index in [0.29, 0.717) is 0 Å². The smallest absolute Gasteiger partial charge is 0.389 e. The lowest BCUT2D eigenvalue weighted by Gasteiger charge is -2.10. The summed E-state index contributed by atoms with van der Waals surface area (Å²) >= 11 is 10.0. The van der Waals surface area contributed by atoms with Crippen LogP contribution in [0.5, 0.6) is 0 Å². The van der Waals surface area contributed by atoms with Crippen molar-refractivity contribution in [1.29, 1.82) is 5.26 Å². The summed E-state index contributed by atoms with van der Waals surface area (Å²) in [6.45, 7) is 0. The second-order valence-corrected chi connectivity index (χ2v) is 4.22. The van der Waals surface area contributed by atoms with Gasteiger partial charge in [0.05, 0.1) is 10.6 Å². The van der Waals surface area contributed by atoms with Crippen LogP contribution in [0.4, 0.5) is 18.9 Å². The highest BCUT2D eigenvalue weighted by Gasteiger charge is 2.33. The number of hydrogen-bond acceptors (Lipinski definition) is 3. The van der Waals surface area contributed by atoms with Gasteiger partial charge in [-0.05, 0) is 18.2 Å². The van der Waals surface area contributed by atoms with E-state index in [4.69, 9.17) is 22.6 Å². The predicted octanol–water partition coefficient (Wildman–Crippen LogP) is 3.46. The number of alkyl halides is 3. The van der Waals surface area contributed by atoms with E-state index in [2.05, 4.69) is 17.5 Å². The molecule has 8 heteroatoms. The Kier molecular flexibility index (Phi) is 4.75. The second-order valence-electron chi connectivity index (χ2n) is 3.37. The summed E-state index contributed by atoms with van der Waals surface area (Å²) in [5.74, 6) is 0. The van der Waals surface area contributed by atoms with Gasteiger partial charge in [0, 0.05) is 11.9 Å². The number of hydrogen-bond donors (Lipinski definition) is 2. The van der Waals surface area contributed by atoms with Crippen LogP contribution in [0, 0.1) is 11.3 Å². The normalized spacial score (nSPS) is 11.8. The Bertz CT molecular complexity index is 576. The van der Waals surface area contributed by atoms with Crippen LogP contribution in [-0.4, -0.2) is 4.99 Å². The van der Waals surface area contributed by atoms with Gasteiger partial charge < -0.3 is 11.1 Å². The Morgan fingerprint density at radius 2 is 2.11 bits per heavy atom. The Hall–Kier alpha value is -1.78. The highest BCUT2D eigenvalue weighted by atomic mass is 35.5.